The predicted octanol–water partition coefficient (Wildman–Crippen LogP) is -2.27. The summed E-state index contributed by atoms with van der Waals surface area (Å²) in [6, 6.07) is 0. The van der Waals surface area contributed by atoms with E-state index in [1.165, 1.54) is 6.92 Å². The standard InChI is InChI=1S/C2H5BrO3S.Na.H/c1-2(3)7(4,5)6;;/h2H,1H3,(H,4,5,6);;/q;+1;-1. The van der Waals surface area contributed by atoms with Gasteiger partial charge in [0, 0.05) is 0 Å². The fourth-order valence-corrected chi connectivity index (χ4v) is 0. The third-order valence-corrected chi connectivity index (χ3v) is 2.65. The molecule has 0 bridgehead atoms. The van der Waals surface area contributed by atoms with Crippen molar-refractivity contribution < 1.29 is 44.0 Å². The van der Waals surface area contributed by atoms with E-state index >= 15 is 0 Å². The third kappa shape index (κ3) is 5.53. The summed E-state index contributed by atoms with van der Waals surface area (Å²) in [6.07, 6.45) is 0. The van der Waals surface area contributed by atoms with Crippen LogP contribution in [0.3, 0.4) is 0 Å². The van der Waals surface area contributed by atoms with Crippen LogP contribution >= 0.6 is 15.9 Å². The van der Waals surface area contributed by atoms with E-state index in [1.54, 1.807) is 0 Å². The number of alkyl halides is 1. The van der Waals surface area contributed by atoms with Crippen LogP contribution in [0.2, 0.25) is 0 Å². The van der Waals surface area contributed by atoms with E-state index in [1.807, 2.05) is 0 Å². The van der Waals surface area contributed by atoms with Crippen molar-refractivity contribution in [2.45, 2.75) is 11.1 Å². The molecule has 0 saturated heterocycles. The molecule has 0 aliphatic rings. The van der Waals surface area contributed by atoms with Gasteiger partial charge in [0.15, 0.2) is 0 Å². The van der Waals surface area contributed by atoms with Crippen LogP contribution in [-0.4, -0.2) is 17.1 Å². The fourth-order valence-electron chi connectivity index (χ4n) is 0. The summed E-state index contributed by atoms with van der Waals surface area (Å²) in [5.74, 6) is 0. The smallest absolute Gasteiger partial charge is 1.00 e. The van der Waals surface area contributed by atoms with Crippen molar-refractivity contribution in [1.82, 2.24) is 0 Å². The fraction of sp³-hybridized carbons (Fsp3) is 1.00. The van der Waals surface area contributed by atoms with Crippen molar-refractivity contribution in [2.24, 2.45) is 0 Å². The van der Waals surface area contributed by atoms with Crippen molar-refractivity contribution >= 4 is 26.0 Å². The molecule has 0 rings (SSSR count). The van der Waals surface area contributed by atoms with Crippen LogP contribution in [0.5, 0.6) is 0 Å². The Morgan fingerprint density at radius 1 is 1.75 bits per heavy atom. The molecule has 1 N–H and O–H groups in total. The molecule has 0 spiro atoms. The Bertz CT molecular complexity index is 144. The summed E-state index contributed by atoms with van der Waals surface area (Å²) in [5.41, 5.74) is 0. The van der Waals surface area contributed by atoms with Gasteiger partial charge in [-0.3, -0.25) is 4.55 Å². The van der Waals surface area contributed by atoms with Gasteiger partial charge in [-0.1, -0.05) is 15.9 Å². The van der Waals surface area contributed by atoms with Crippen molar-refractivity contribution in [3.63, 3.8) is 0 Å². The average molecular weight is 213 g/mol. The maximum atomic E-state index is 9.84. The molecule has 1 unspecified atom stereocenters. The van der Waals surface area contributed by atoms with Gasteiger partial charge in [0.1, 0.15) is 4.16 Å². The molecular formula is C2H6BrNaO3S. The molecule has 8 heavy (non-hydrogen) atoms. The zero-order valence-electron chi connectivity index (χ0n) is 5.63. The summed E-state index contributed by atoms with van der Waals surface area (Å²) in [7, 11) is -3.82. The second kappa shape index (κ2) is 4.24. The maximum absolute atomic E-state index is 9.84. The minimum atomic E-state index is -3.82. The minimum Gasteiger partial charge on any atom is -1.00 e. The maximum Gasteiger partial charge on any atom is 1.00 e. The largest absolute Gasteiger partial charge is 1.00 e. The molecular weight excluding hydrogens is 207 g/mol. The number of halogens is 1. The van der Waals surface area contributed by atoms with E-state index in [9.17, 15) is 8.42 Å². The van der Waals surface area contributed by atoms with Gasteiger partial charge in [0.05, 0.1) is 0 Å². The summed E-state index contributed by atoms with van der Waals surface area (Å²) in [4.78, 5) is 0. The monoisotopic (exact) mass is 212 g/mol. The Kier molecular flexibility index (Phi) is 6.42. The number of hydrogen-bond donors (Lipinski definition) is 1. The van der Waals surface area contributed by atoms with Gasteiger partial charge in [0.2, 0.25) is 0 Å². The van der Waals surface area contributed by atoms with Crippen LogP contribution in [0.4, 0.5) is 0 Å². The molecule has 0 saturated carbocycles. The van der Waals surface area contributed by atoms with Gasteiger partial charge >= 0.3 is 29.6 Å². The van der Waals surface area contributed by atoms with Crippen LogP contribution in [0.1, 0.15) is 8.35 Å². The van der Waals surface area contributed by atoms with Gasteiger partial charge < -0.3 is 1.43 Å². The van der Waals surface area contributed by atoms with E-state index in [-0.39, 0.29) is 31.0 Å². The van der Waals surface area contributed by atoms with Gasteiger partial charge in [-0.05, 0) is 6.92 Å². The van der Waals surface area contributed by atoms with Crippen molar-refractivity contribution in [2.75, 3.05) is 0 Å². The van der Waals surface area contributed by atoms with E-state index in [0.29, 0.717) is 0 Å². The average Bonchev–Trinajstić information content (AvgIpc) is 1.31. The molecule has 0 aromatic carbocycles. The van der Waals surface area contributed by atoms with E-state index in [2.05, 4.69) is 15.9 Å². The van der Waals surface area contributed by atoms with Crippen LogP contribution in [0.15, 0.2) is 0 Å². The van der Waals surface area contributed by atoms with Crippen molar-refractivity contribution in [3.8, 4) is 0 Å². The molecule has 3 nitrogen and oxygen atoms in total. The van der Waals surface area contributed by atoms with Crippen LogP contribution in [0.25, 0.3) is 0 Å². The second-order valence-corrected chi connectivity index (χ2v) is 4.77. The van der Waals surface area contributed by atoms with Gasteiger partial charge in [-0.15, -0.1) is 0 Å². The molecule has 0 heterocycles. The Balaban J connectivity index is -0.000000180. The van der Waals surface area contributed by atoms with E-state index < -0.39 is 14.3 Å². The quantitative estimate of drug-likeness (QED) is 0.303. The van der Waals surface area contributed by atoms with E-state index in [4.69, 9.17) is 4.55 Å². The van der Waals surface area contributed by atoms with E-state index in [0.717, 1.165) is 0 Å². The zero-order chi connectivity index (χ0) is 6.08. The summed E-state index contributed by atoms with van der Waals surface area (Å²) in [5, 5.41) is 0. The first kappa shape index (κ1) is 12.1. The first-order valence-corrected chi connectivity index (χ1v) is 3.97. The molecule has 0 fully saturated rings. The molecule has 6 heteroatoms. The molecule has 1 atom stereocenters. The molecule has 0 radical (unpaired) electrons. The Hall–Kier alpha value is 1.39. The Morgan fingerprint density at radius 2 is 1.88 bits per heavy atom. The van der Waals surface area contributed by atoms with Crippen LogP contribution in [-0.2, 0) is 10.1 Å². The molecule has 0 aliphatic carbocycles. The summed E-state index contributed by atoms with van der Waals surface area (Å²) < 4.78 is 26.8. The summed E-state index contributed by atoms with van der Waals surface area (Å²) >= 11 is 2.66. The molecule has 0 aromatic rings. The van der Waals surface area contributed by atoms with Crippen molar-refractivity contribution in [1.29, 1.82) is 0 Å². The Morgan fingerprint density at radius 3 is 1.88 bits per heavy atom. The predicted molar refractivity (Wildman–Crippen MR) is 31.0 cm³/mol. The number of rotatable bonds is 1. The van der Waals surface area contributed by atoms with Gasteiger partial charge in [0.25, 0.3) is 10.1 Å². The van der Waals surface area contributed by atoms with Gasteiger partial charge in [-0.2, -0.15) is 8.42 Å². The van der Waals surface area contributed by atoms with Gasteiger partial charge in [-0.25, -0.2) is 0 Å². The normalized spacial score (nSPS) is 14.4. The SMILES string of the molecule is CC(Br)S(=O)(=O)O.[H-].[Na+]. The first-order valence-electron chi connectivity index (χ1n) is 1.55. The first-order chi connectivity index (χ1) is 2.94. The molecule has 0 aliphatic heterocycles. The molecule has 0 amide bonds. The molecule has 0 aromatic heterocycles. The van der Waals surface area contributed by atoms with Crippen LogP contribution in [0, 0.1) is 0 Å². The molecule has 46 valence electrons. The van der Waals surface area contributed by atoms with Crippen molar-refractivity contribution in [3.05, 3.63) is 0 Å². The Labute approximate surface area is 80.5 Å². The zero-order valence-corrected chi connectivity index (χ0v) is 9.03. The third-order valence-electron chi connectivity index (χ3n) is 0.410. The minimum absolute atomic E-state index is 0. The van der Waals surface area contributed by atoms with Crippen LogP contribution < -0.4 is 29.6 Å². The topological polar surface area (TPSA) is 54.4 Å². The second-order valence-electron chi connectivity index (χ2n) is 1.06. The number of hydrogen-bond acceptors (Lipinski definition) is 2. The summed E-state index contributed by atoms with van der Waals surface area (Å²) in [6.45, 7) is 1.33.